The first kappa shape index (κ1) is 21.0. The van der Waals surface area contributed by atoms with E-state index in [0.29, 0.717) is 0 Å². The number of aliphatic hydroxyl groups is 1. The van der Waals surface area contributed by atoms with Gasteiger partial charge in [0.2, 0.25) is 0 Å². The first-order valence-corrected chi connectivity index (χ1v) is 3.75. The van der Waals surface area contributed by atoms with Gasteiger partial charge in [-0.15, -0.1) is 0 Å². The average Bonchev–Trinajstić information content (AvgIpc) is 2.04. The van der Waals surface area contributed by atoms with Crippen molar-refractivity contribution in [1.82, 2.24) is 0 Å². The third-order valence-electron chi connectivity index (χ3n) is 1.28. The molecule has 0 aliphatic carbocycles. The molecule has 88 valence electrons. The average molecular weight is 286 g/mol. The molecular formula is C6H7FeNaO8. The zero-order valence-corrected chi connectivity index (χ0v) is 11.3. The molecule has 0 aliphatic rings. The van der Waals surface area contributed by atoms with Gasteiger partial charge in [-0.05, 0) is 0 Å². The molecule has 0 heterocycles. The molecule has 8 nitrogen and oxygen atoms in total. The van der Waals surface area contributed by atoms with Crippen LogP contribution in [-0.2, 0) is 34.2 Å². The molecule has 0 aromatic carbocycles. The molecule has 1 atom stereocenters. The van der Waals surface area contributed by atoms with Crippen LogP contribution in [0.1, 0.15) is 12.8 Å². The molecule has 16 heavy (non-hydrogen) atoms. The van der Waals surface area contributed by atoms with Gasteiger partial charge < -0.3 is 25.2 Å². The van der Waals surface area contributed by atoms with E-state index in [1.165, 1.54) is 0 Å². The molecule has 0 rings (SSSR count). The second-order valence-electron chi connectivity index (χ2n) is 2.46. The van der Waals surface area contributed by atoms with Gasteiger partial charge in [0.25, 0.3) is 0 Å². The van der Waals surface area contributed by atoms with Crippen molar-refractivity contribution in [3.05, 3.63) is 0 Å². The molecule has 1 unspecified atom stereocenters. The fraction of sp³-hybridized carbons (Fsp3) is 0.500. The minimum atomic E-state index is -2.80. The summed E-state index contributed by atoms with van der Waals surface area (Å²) in [5.74, 6) is -5.34. The van der Waals surface area contributed by atoms with Gasteiger partial charge in [0.05, 0.1) is 6.42 Å². The van der Waals surface area contributed by atoms with Crippen molar-refractivity contribution in [1.29, 1.82) is 0 Å². The number of hydrogen-bond acceptors (Lipinski definition) is 6. The third kappa shape index (κ3) is 8.95. The number of carboxylic acids is 3. The maximum absolute atomic E-state index is 10.3. The summed E-state index contributed by atoms with van der Waals surface area (Å²) in [7, 11) is 0. The van der Waals surface area contributed by atoms with Crippen LogP contribution in [0.15, 0.2) is 0 Å². The number of carbonyl (C=O) groups excluding carboxylic acids is 1. The fourth-order valence-electron chi connectivity index (χ4n) is 0.703. The number of aliphatic carboxylic acids is 3. The summed E-state index contributed by atoms with van der Waals surface area (Å²) in [5.41, 5.74) is -2.80. The maximum atomic E-state index is 10.3. The predicted octanol–water partition coefficient (Wildman–Crippen LogP) is -5.70. The van der Waals surface area contributed by atoms with Gasteiger partial charge in [-0.2, -0.15) is 0 Å². The van der Waals surface area contributed by atoms with E-state index < -0.39 is 36.4 Å². The van der Waals surface area contributed by atoms with Crippen LogP contribution in [0.4, 0.5) is 0 Å². The Morgan fingerprint density at radius 1 is 1.12 bits per heavy atom. The topological polar surface area (TPSA) is 152 Å². The molecule has 0 radical (unpaired) electrons. The Labute approximate surface area is 120 Å². The molecule has 0 amide bonds. The Balaban J connectivity index is -0.000000529. The van der Waals surface area contributed by atoms with Crippen LogP contribution in [-0.4, -0.2) is 38.8 Å². The molecule has 0 fully saturated rings. The quantitative estimate of drug-likeness (QED) is 0.423. The van der Waals surface area contributed by atoms with E-state index in [2.05, 4.69) is 0 Å². The van der Waals surface area contributed by atoms with Crippen molar-refractivity contribution >= 4 is 17.9 Å². The molecular weight excluding hydrogens is 279 g/mol. The Morgan fingerprint density at radius 3 is 1.69 bits per heavy atom. The third-order valence-corrected chi connectivity index (χ3v) is 1.28. The Morgan fingerprint density at radius 2 is 1.50 bits per heavy atom. The van der Waals surface area contributed by atoms with Gasteiger partial charge >= 0.3 is 61.3 Å². The summed E-state index contributed by atoms with van der Waals surface area (Å²) in [6.07, 6.45) is -2.44. The van der Waals surface area contributed by atoms with Gasteiger partial charge in [-0.3, -0.25) is 4.79 Å². The molecule has 10 heteroatoms. The first-order chi connectivity index (χ1) is 6.78. The summed E-state index contributed by atoms with van der Waals surface area (Å²) in [6, 6.07) is 0. The second-order valence-corrected chi connectivity index (χ2v) is 2.46. The van der Waals surface area contributed by atoms with E-state index in [1.54, 1.807) is 0 Å². The normalized spacial score (nSPS) is 12.1. The van der Waals surface area contributed by atoms with E-state index in [9.17, 15) is 19.5 Å². The molecule has 0 bridgehead atoms. The van der Waals surface area contributed by atoms with Crippen molar-refractivity contribution in [2.45, 2.75) is 18.4 Å². The number of rotatable bonds is 5. The van der Waals surface area contributed by atoms with Crippen LogP contribution < -0.4 is 34.7 Å². The molecule has 0 aromatic heterocycles. The zero-order chi connectivity index (χ0) is 12.6. The van der Waals surface area contributed by atoms with Crippen LogP contribution >= 0.6 is 0 Å². The number of carbonyl (C=O) groups is 3. The van der Waals surface area contributed by atoms with Crippen LogP contribution in [0, 0.1) is 0 Å². The molecule has 0 aromatic rings. The zero-order valence-electron chi connectivity index (χ0n) is 8.15. The molecule has 0 saturated heterocycles. The monoisotopic (exact) mass is 286 g/mol. The van der Waals surface area contributed by atoms with Gasteiger partial charge in [0.15, 0.2) is 5.60 Å². The van der Waals surface area contributed by atoms with E-state index in [0.717, 1.165) is 0 Å². The van der Waals surface area contributed by atoms with Crippen molar-refractivity contribution in [2.75, 3.05) is 0 Å². The minimum absolute atomic E-state index is 0. The van der Waals surface area contributed by atoms with E-state index in [-0.39, 0.29) is 29.6 Å². The fourth-order valence-corrected chi connectivity index (χ4v) is 0.703. The number of hydrogen-bond donors (Lipinski definition) is 3. The summed E-state index contributed by atoms with van der Waals surface area (Å²) in [5, 5.41) is 35.5. The Bertz CT molecular complexity index is 251. The Hall–Kier alpha value is -0.311. The van der Waals surface area contributed by atoms with Crippen LogP contribution in [0.5, 0.6) is 0 Å². The predicted molar refractivity (Wildman–Crippen MR) is 35.1 cm³/mol. The Kier molecular flexibility index (Phi) is 13.0. The SMILES string of the molecule is O=C([O-])CC(O)(CC(=O)O)C(=O)O.[Na+].[O]=[Fe]. The molecule has 0 spiro atoms. The molecule has 3 N–H and O–H groups in total. The van der Waals surface area contributed by atoms with Gasteiger partial charge in [-0.25, -0.2) is 4.79 Å². The summed E-state index contributed by atoms with van der Waals surface area (Å²) in [4.78, 5) is 30.3. The van der Waals surface area contributed by atoms with Gasteiger partial charge in [-0.1, -0.05) is 0 Å². The van der Waals surface area contributed by atoms with Crippen LogP contribution in [0.2, 0.25) is 0 Å². The van der Waals surface area contributed by atoms with E-state index in [1.807, 2.05) is 15.9 Å². The van der Waals surface area contributed by atoms with Crippen molar-refractivity contribution in [3.63, 3.8) is 0 Å². The van der Waals surface area contributed by atoms with E-state index in [4.69, 9.17) is 19.2 Å². The van der Waals surface area contributed by atoms with Crippen LogP contribution in [0.3, 0.4) is 0 Å². The molecule has 0 saturated carbocycles. The number of carboxylic acid groups (broad SMARTS) is 3. The van der Waals surface area contributed by atoms with E-state index >= 15 is 0 Å². The van der Waals surface area contributed by atoms with Crippen molar-refractivity contribution < 1.29 is 84.1 Å². The first-order valence-electron chi connectivity index (χ1n) is 3.30. The van der Waals surface area contributed by atoms with Crippen molar-refractivity contribution in [3.8, 4) is 0 Å². The van der Waals surface area contributed by atoms with Crippen LogP contribution in [0.25, 0.3) is 0 Å². The summed E-state index contributed by atoms with van der Waals surface area (Å²) < 4.78 is 8.00. The summed E-state index contributed by atoms with van der Waals surface area (Å²) in [6.45, 7) is 0. The molecule has 0 aliphatic heterocycles. The van der Waals surface area contributed by atoms with Gasteiger partial charge in [0.1, 0.15) is 0 Å². The summed E-state index contributed by atoms with van der Waals surface area (Å²) >= 11 is 2.00. The van der Waals surface area contributed by atoms with Crippen molar-refractivity contribution in [2.24, 2.45) is 0 Å². The second kappa shape index (κ2) is 9.88. The van der Waals surface area contributed by atoms with Gasteiger partial charge in [0, 0.05) is 12.4 Å². The standard InChI is InChI=1S/C6H8O7.Fe.Na.O/c7-3(8)1-6(13,5(11)12)2-4(9)10;;;/h13H,1-2H2,(H,7,8)(H,9,10)(H,11,12);;;/q;;+1;/p-1.